The Hall–Kier alpha value is -3.54. The molecular formula is C30H22F4N2. The molecule has 2 aromatic carbocycles. The summed E-state index contributed by atoms with van der Waals surface area (Å²) in [5, 5.41) is 0. The average Bonchev–Trinajstić information content (AvgIpc) is 3.74. The summed E-state index contributed by atoms with van der Waals surface area (Å²) >= 11 is 0. The van der Waals surface area contributed by atoms with E-state index in [2.05, 4.69) is 0 Å². The number of fused-ring (bicyclic) bond motifs is 16. The lowest BCUT2D eigenvalue weighted by Gasteiger charge is -2.18. The molecule has 4 atom stereocenters. The van der Waals surface area contributed by atoms with E-state index in [4.69, 9.17) is 9.97 Å². The van der Waals surface area contributed by atoms with E-state index >= 15 is 17.6 Å². The highest BCUT2D eigenvalue weighted by Crippen LogP contribution is 2.62. The number of hydrogen-bond donors (Lipinski definition) is 0. The van der Waals surface area contributed by atoms with Crippen LogP contribution in [-0.2, 0) is 10.8 Å². The van der Waals surface area contributed by atoms with Crippen molar-refractivity contribution in [2.45, 2.75) is 49.4 Å². The Labute approximate surface area is 206 Å². The molecule has 36 heavy (non-hydrogen) atoms. The van der Waals surface area contributed by atoms with E-state index in [0.717, 1.165) is 12.1 Å². The molecule has 4 aromatic rings. The minimum atomic E-state index is -0.671. The summed E-state index contributed by atoms with van der Waals surface area (Å²) in [6.07, 6.45) is 1.24. The van der Waals surface area contributed by atoms with Gasteiger partial charge in [-0.3, -0.25) is 9.97 Å². The van der Waals surface area contributed by atoms with Crippen molar-refractivity contribution in [1.82, 2.24) is 9.97 Å². The van der Waals surface area contributed by atoms with Crippen LogP contribution >= 0.6 is 0 Å². The van der Waals surface area contributed by atoms with Gasteiger partial charge in [0.1, 0.15) is 23.3 Å². The fourth-order valence-corrected chi connectivity index (χ4v) is 6.14. The number of hydrogen-bond acceptors (Lipinski definition) is 2. The topological polar surface area (TPSA) is 25.8 Å². The molecule has 2 saturated carbocycles. The third-order valence-corrected chi connectivity index (χ3v) is 8.63. The Morgan fingerprint density at radius 3 is 1.44 bits per heavy atom. The number of halogens is 4. The van der Waals surface area contributed by atoms with Gasteiger partial charge in [-0.1, -0.05) is 26.0 Å². The molecule has 0 amide bonds. The van der Waals surface area contributed by atoms with Crippen LogP contribution in [0.3, 0.4) is 0 Å². The molecule has 0 radical (unpaired) electrons. The van der Waals surface area contributed by atoms with Crippen molar-refractivity contribution in [3.63, 3.8) is 0 Å². The summed E-state index contributed by atoms with van der Waals surface area (Å²) in [5.41, 5.74) is 2.37. The summed E-state index contributed by atoms with van der Waals surface area (Å²) in [4.78, 5) is 9.47. The number of benzene rings is 2. The molecule has 1 aliphatic heterocycles. The lowest BCUT2D eigenvalue weighted by atomic mass is 9.90. The van der Waals surface area contributed by atoms with Gasteiger partial charge in [-0.25, -0.2) is 17.6 Å². The summed E-state index contributed by atoms with van der Waals surface area (Å²) in [5.74, 6) is -2.78. The molecule has 3 aliphatic rings. The highest BCUT2D eigenvalue weighted by molar-refractivity contribution is 5.66. The molecule has 2 aromatic heterocycles. The zero-order valence-corrected chi connectivity index (χ0v) is 19.7. The van der Waals surface area contributed by atoms with E-state index in [0.29, 0.717) is 46.7 Å². The predicted molar refractivity (Wildman–Crippen MR) is 129 cm³/mol. The van der Waals surface area contributed by atoms with Crippen molar-refractivity contribution in [3.05, 3.63) is 106 Å². The first-order valence-corrected chi connectivity index (χ1v) is 12.1. The first kappa shape index (κ1) is 21.7. The third kappa shape index (κ3) is 2.96. The van der Waals surface area contributed by atoms with Crippen molar-refractivity contribution in [2.24, 2.45) is 0 Å². The minimum Gasteiger partial charge on any atom is -0.252 e. The predicted octanol–water partition coefficient (Wildman–Crippen LogP) is 7.57. The Kier molecular flexibility index (Phi) is 4.24. The molecule has 6 heteroatoms. The number of nitrogens with zero attached hydrogens (tertiary/aromatic N) is 2. The van der Waals surface area contributed by atoms with Gasteiger partial charge in [-0.15, -0.1) is 0 Å². The highest BCUT2D eigenvalue weighted by Gasteiger charge is 2.56. The van der Waals surface area contributed by atoms with Gasteiger partial charge in [-0.05, 0) is 60.4 Å². The van der Waals surface area contributed by atoms with Crippen molar-refractivity contribution >= 4 is 0 Å². The Balaban J connectivity index is 1.50. The monoisotopic (exact) mass is 486 g/mol. The number of pyridine rings is 2. The largest absolute Gasteiger partial charge is 0.252 e. The summed E-state index contributed by atoms with van der Waals surface area (Å²) in [6, 6.07) is 15.7. The normalized spacial score (nSPS) is 27.2. The van der Waals surface area contributed by atoms with E-state index in [-0.39, 0.29) is 23.0 Å². The lowest BCUT2D eigenvalue weighted by Crippen LogP contribution is -2.11. The minimum absolute atomic E-state index is 0.120. The van der Waals surface area contributed by atoms with Crippen molar-refractivity contribution in [3.8, 4) is 22.5 Å². The highest BCUT2D eigenvalue weighted by atomic mass is 19.1. The quantitative estimate of drug-likeness (QED) is 0.240. The van der Waals surface area contributed by atoms with Crippen LogP contribution in [-0.4, -0.2) is 9.97 Å². The standard InChI is InChI=1S/C30H22F4N2/c1-29-13-19(29)27-7-3-5-26(35-27)16-10-18(24(34)12-22(16)32)30(2)14-20(30)28-8-4-6-25(36-28)15-9-17(29)23(33)11-21(15)31/h3-12,19-20H,13-14H2,1-2H3. The van der Waals surface area contributed by atoms with Gasteiger partial charge in [-0.2, -0.15) is 0 Å². The molecule has 0 spiro atoms. The van der Waals surface area contributed by atoms with Gasteiger partial charge in [0, 0.05) is 57.3 Å². The first-order valence-electron chi connectivity index (χ1n) is 12.1. The van der Waals surface area contributed by atoms with E-state index in [1.807, 2.05) is 26.0 Å². The second-order valence-electron chi connectivity index (χ2n) is 10.9. The Bertz CT molecular complexity index is 1480. The maximum atomic E-state index is 15.1. The molecule has 0 saturated heterocycles. The molecular weight excluding hydrogens is 464 g/mol. The smallest absolute Gasteiger partial charge is 0.135 e. The van der Waals surface area contributed by atoms with Gasteiger partial charge in [0.25, 0.3) is 0 Å². The number of aromatic nitrogens is 2. The van der Waals surface area contributed by atoms with Crippen molar-refractivity contribution in [2.75, 3.05) is 0 Å². The van der Waals surface area contributed by atoms with E-state index in [1.54, 1.807) is 36.4 Å². The first-order chi connectivity index (χ1) is 17.2. The molecule has 8 bridgehead atoms. The van der Waals surface area contributed by atoms with Gasteiger partial charge in [0.05, 0.1) is 11.4 Å². The van der Waals surface area contributed by atoms with Crippen LogP contribution < -0.4 is 0 Å². The van der Waals surface area contributed by atoms with E-state index in [9.17, 15) is 0 Å². The van der Waals surface area contributed by atoms with Crippen LogP contribution in [0.5, 0.6) is 0 Å². The maximum Gasteiger partial charge on any atom is 0.135 e. The molecule has 180 valence electrons. The summed E-state index contributed by atoms with van der Waals surface area (Å²) in [7, 11) is 0. The van der Waals surface area contributed by atoms with Gasteiger partial charge >= 0.3 is 0 Å². The molecule has 3 heterocycles. The van der Waals surface area contributed by atoms with Gasteiger partial charge < -0.3 is 0 Å². The van der Waals surface area contributed by atoms with Crippen LogP contribution in [0, 0.1) is 23.3 Å². The Morgan fingerprint density at radius 2 is 1.03 bits per heavy atom. The SMILES string of the molecule is CC12CC1c1cccc(n1)-c1cc(c(F)cc1F)C1(C)CC1c1cccc(n1)-c1cc2c(F)cc1F. The van der Waals surface area contributed by atoms with Crippen LogP contribution in [0.1, 0.15) is 61.0 Å². The molecule has 0 N–H and O–H groups in total. The molecule has 2 aliphatic carbocycles. The Morgan fingerprint density at radius 1 is 0.611 bits per heavy atom. The van der Waals surface area contributed by atoms with Crippen molar-refractivity contribution < 1.29 is 17.6 Å². The van der Waals surface area contributed by atoms with Crippen LogP contribution in [0.15, 0.2) is 60.7 Å². The maximum absolute atomic E-state index is 15.1. The molecule has 4 unspecified atom stereocenters. The second-order valence-corrected chi connectivity index (χ2v) is 10.9. The van der Waals surface area contributed by atoms with Crippen LogP contribution in [0.25, 0.3) is 22.5 Å². The van der Waals surface area contributed by atoms with Gasteiger partial charge in [0.2, 0.25) is 0 Å². The third-order valence-electron chi connectivity index (χ3n) is 8.63. The van der Waals surface area contributed by atoms with Gasteiger partial charge in [0.15, 0.2) is 0 Å². The van der Waals surface area contributed by atoms with E-state index < -0.39 is 34.1 Å². The van der Waals surface area contributed by atoms with Crippen molar-refractivity contribution in [1.29, 1.82) is 0 Å². The summed E-state index contributed by atoms with van der Waals surface area (Å²) < 4.78 is 60.3. The summed E-state index contributed by atoms with van der Waals surface area (Å²) in [6.45, 7) is 3.87. The fourth-order valence-electron chi connectivity index (χ4n) is 6.14. The zero-order valence-electron chi connectivity index (χ0n) is 19.7. The van der Waals surface area contributed by atoms with Crippen LogP contribution in [0.4, 0.5) is 17.6 Å². The van der Waals surface area contributed by atoms with E-state index in [1.165, 1.54) is 0 Å². The fraction of sp³-hybridized carbons (Fsp3) is 0.267. The molecule has 7 rings (SSSR count). The van der Waals surface area contributed by atoms with Crippen LogP contribution in [0.2, 0.25) is 0 Å². The molecule has 2 fully saturated rings. The lowest BCUT2D eigenvalue weighted by molar-refractivity contribution is 0.554. The average molecular weight is 487 g/mol. The number of rotatable bonds is 0. The second kappa shape index (κ2) is 7.02. The molecule has 2 nitrogen and oxygen atoms in total. The zero-order chi connectivity index (χ0) is 25.0.